The summed E-state index contributed by atoms with van der Waals surface area (Å²) < 4.78 is 28.4. The molecule has 0 spiro atoms. The lowest BCUT2D eigenvalue weighted by Gasteiger charge is -2.14. The summed E-state index contributed by atoms with van der Waals surface area (Å²) in [5.74, 6) is 1.18. The molecule has 2 unspecified atom stereocenters. The molecule has 0 bridgehead atoms. The number of ether oxygens (including phenoxy) is 1. The highest BCUT2D eigenvalue weighted by molar-refractivity contribution is 14.1. The van der Waals surface area contributed by atoms with Crippen LogP contribution < -0.4 is 0 Å². The van der Waals surface area contributed by atoms with Gasteiger partial charge in [0.1, 0.15) is 0 Å². The lowest BCUT2D eigenvalue weighted by atomic mass is 10.1. The van der Waals surface area contributed by atoms with Gasteiger partial charge in [-0.1, -0.05) is 36.4 Å². The van der Waals surface area contributed by atoms with E-state index >= 15 is 0 Å². The quantitative estimate of drug-likeness (QED) is 0.435. The zero-order valence-corrected chi connectivity index (χ0v) is 12.3. The van der Waals surface area contributed by atoms with E-state index < -0.39 is 9.84 Å². The SMILES string of the molecule is CC(C)CCCOC1CS(=O)(=O)CC1I. The molecule has 1 aliphatic rings. The zero-order chi connectivity index (χ0) is 11.5. The molecule has 0 amide bonds. The first-order valence-corrected chi connectivity index (χ1v) is 8.43. The Labute approximate surface area is 106 Å². The van der Waals surface area contributed by atoms with E-state index in [4.69, 9.17) is 4.74 Å². The summed E-state index contributed by atoms with van der Waals surface area (Å²) in [7, 11) is -2.83. The van der Waals surface area contributed by atoms with Crippen LogP contribution in [0.1, 0.15) is 26.7 Å². The van der Waals surface area contributed by atoms with E-state index in [1.807, 2.05) is 0 Å². The molecule has 5 heteroatoms. The van der Waals surface area contributed by atoms with Gasteiger partial charge in [0.05, 0.1) is 21.5 Å². The second kappa shape index (κ2) is 5.82. The van der Waals surface area contributed by atoms with Crippen LogP contribution in [0.5, 0.6) is 0 Å². The van der Waals surface area contributed by atoms with Gasteiger partial charge in [-0.05, 0) is 18.8 Å². The Kier molecular flexibility index (Phi) is 5.31. The Morgan fingerprint density at radius 2 is 2.07 bits per heavy atom. The summed E-state index contributed by atoms with van der Waals surface area (Å²) in [6, 6.07) is 0. The third-order valence-corrected chi connectivity index (χ3v) is 6.04. The molecule has 15 heavy (non-hydrogen) atoms. The highest BCUT2D eigenvalue weighted by Gasteiger charge is 2.36. The third-order valence-electron chi connectivity index (χ3n) is 2.49. The summed E-state index contributed by atoms with van der Waals surface area (Å²) >= 11 is 2.18. The molecular formula is C10H19IO3S. The molecule has 0 N–H and O–H groups in total. The van der Waals surface area contributed by atoms with Gasteiger partial charge in [0, 0.05) is 6.61 Å². The second-order valence-electron chi connectivity index (χ2n) is 4.54. The molecule has 1 rings (SSSR count). The molecular weight excluding hydrogens is 327 g/mol. The van der Waals surface area contributed by atoms with Crippen molar-refractivity contribution in [2.24, 2.45) is 5.92 Å². The molecule has 0 saturated carbocycles. The highest BCUT2D eigenvalue weighted by Crippen LogP contribution is 2.23. The largest absolute Gasteiger partial charge is 0.376 e. The lowest BCUT2D eigenvalue weighted by Crippen LogP contribution is -2.22. The number of alkyl halides is 1. The van der Waals surface area contributed by atoms with Crippen LogP contribution in [0.2, 0.25) is 0 Å². The smallest absolute Gasteiger partial charge is 0.154 e. The first kappa shape index (κ1) is 13.7. The fraction of sp³-hybridized carbons (Fsp3) is 1.00. The zero-order valence-electron chi connectivity index (χ0n) is 9.28. The molecule has 2 atom stereocenters. The Morgan fingerprint density at radius 3 is 2.53 bits per heavy atom. The van der Waals surface area contributed by atoms with Crippen molar-refractivity contribution in [3.63, 3.8) is 0 Å². The maximum absolute atomic E-state index is 11.3. The van der Waals surface area contributed by atoms with Crippen molar-refractivity contribution in [2.45, 2.75) is 36.7 Å². The van der Waals surface area contributed by atoms with Crippen molar-refractivity contribution in [3.8, 4) is 0 Å². The molecule has 90 valence electrons. The predicted molar refractivity (Wildman–Crippen MR) is 70.3 cm³/mol. The van der Waals surface area contributed by atoms with Gasteiger partial charge in [-0.25, -0.2) is 8.42 Å². The number of sulfone groups is 1. The van der Waals surface area contributed by atoms with E-state index in [-0.39, 0.29) is 21.5 Å². The molecule has 3 nitrogen and oxygen atoms in total. The third kappa shape index (κ3) is 4.99. The molecule has 1 saturated heterocycles. The summed E-state index contributed by atoms with van der Waals surface area (Å²) in [4.78, 5) is 0. The molecule has 0 radical (unpaired) electrons. The van der Waals surface area contributed by atoms with Crippen LogP contribution in [0.4, 0.5) is 0 Å². The first-order chi connectivity index (χ1) is 6.91. The van der Waals surface area contributed by atoms with Gasteiger partial charge in [0.2, 0.25) is 0 Å². The standard InChI is InChI=1S/C10H19IO3S/c1-8(2)4-3-5-14-10-7-15(12,13)6-9(10)11/h8-10H,3-7H2,1-2H3. The van der Waals surface area contributed by atoms with Crippen LogP contribution in [0, 0.1) is 5.92 Å². The van der Waals surface area contributed by atoms with Gasteiger partial charge >= 0.3 is 0 Å². The van der Waals surface area contributed by atoms with E-state index in [0.717, 1.165) is 12.8 Å². The van der Waals surface area contributed by atoms with Crippen LogP contribution >= 0.6 is 22.6 Å². The number of halogens is 1. The fourth-order valence-electron chi connectivity index (χ4n) is 1.65. The molecule has 1 aliphatic heterocycles. The molecule has 0 aromatic heterocycles. The van der Waals surface area contributed by atoms with Crippen LogP contribution in [0.3, 0.4) is 0 Å². The van der Waals surface area contributed by atoms with Gasteiger partial charge in [-0.2, -0.15) is 0 Å². The van der Waals surface area contributed by atoms with Gasteiger partial charge in [-0.15, -0.1) is 0 Å². The lowest BCUT2D eigenvalue weighted by molar-refractivity contribution is 0.0725. The van der Waals surface area contributed by atoms with Crippen molar-refractivity contribution in [1.29, 1.82) is 0 Å². The maximum Gasteiger partial charge on any atom is 0.154 e. The van der Waals surface area contributed by atoms with Crippen LogP contribution in [-0.4, -0.2) is 36.6 Å². The average molecular weight is 346 g/mol. The predicted octanol–water partition coefficient (Wildman–Crippen LogP) is 2.04. The summed E-state index contributed by atoms with van der Waals surface area (Å²) in [5.41, 5.74) is 0. The maximum atomic E-state index is 11.3. The monoisotopic (exact) mass is 346 g/mol. The minimum atomic E-state index is -2.83. The first-order valence-electron chi connectivity index (χ1n) is 5.37. The summed E-state index contributed by atoms with van der Waals surface area (Å²) in [5, 5.41) is 0. The minimum absolute atomic E-state index is 0.0808. The van der Waals surface area contributed by atoms with Crippen LogP contribution in [-0.2, 0) is 14.6 Å². The fourth-order valence-corrected chi connectivity index (χ4v) is 5.77. The van der Waals surface area contributed by atoms with Crippen molar-refractivity contribution in [1.82, 2.24) is 0 Å². The van der Waals surface area contributed by atoms with Crippen molar-refractivity contribution < 1.29 is 13.2 Å². The normalized spacial score (nSPS) is 29.9. The van der Waals surface area contributed by atoms with E-state index in [1.54, 1.807) is 0 Å². The van der Waals surface area contributed by atoms with Gasteiger partial charge in [0.15, 0.2) is 9.84 Å². The minimum Gasteiger partial charge on any atom is -0.376 e. The number of rotatable bonds is 5. The number of hydrogen-bond acceptors (Lipinski definition) is 3. The van der Waals surface area contributed by atoms with Crippen molar-refractivity contribution in [3.05, 3.63) is 0 Å². The second-order valence-corrected chi connectivity index (χ2v) is 8.29. The molecule has 0 aromatic rings. The van der Waals surface area contributed by atoms with E-state index in [0.29, 0.717) is 12.5 Å². The van der Waals surface area contributed by atoms with Crippen LogP contribution in [0.25, 0.3) is 0 Å². The van der Waals surface area contributed by atoms with Crippen molar-refractivity contribution in [2.75, 3.05) is 18.1 Å². The highest BCUT2D eigenvalue weighted by atomic mass is 127. The molecule has 0 aliphatic carbocycles. The van der Waals surface area contributed by atoms with Gasteiger partial charge in [-0.3, -0.25) is 0 Å². The van der Waals surface area contributed by atoms with Crippen molar-refractivity contribution >= 4 is 32.4 Å². The van der Waals surface area contributed by atoms with Crippen LogP contribution in [0.15, 0.2) is 0 Å². The summed E-state index contributed by atoms with van der Waals surface area (Å²) in [6.07, 6.45) is 2.09. The van der Waals surface area contributed by atoms with E-state index in [9.17, 15) is 8.42 Å². The summed E-state index contributed by atoms with van der Waals surface area (Å²) in [6.45, 7) is 5.06. The van der Waals surface area contributed by atoms with E-state index in [2.05, 4.69) is 36.4 Å². The topological polar surface area (TPSA) is 43.4 Å². The average Bonchev–Trinajstić information content (AvgIpc) is 2.33. The van der Waals surface area contributed by atoms with Gasteiger partial charge < -0.3 is 4.74 Å². The molecule has 1 fully saturated rings. The Bertz CT molecular complexity index is 287. The molecule has 0 aromatic carbocycles. The Hall–Kier alpha value is 0.640. The Balaban J connectivity index is 2.23. The number of hydrogen-bond donors (Lipinski definition) is 0. The van der Waals surface area contributed by atoms with E-state index in [1.165, 1.54) is 0 Å². The van der Waals surface area contributed by atoms with Gasteiger partial charge in [0.25, 0.3) is 0 Å². The molecule has 1 heterocycles. The Morgan fingerprint density at radius 1 is 1.40 bits per heavy atom.